The average molecular weight is 282 g/mol. The molecule has 2 unspecified atom stereocenters. The Kier molecular flexibility index (Phi) is 3.82. The molecule has 2 N–H and O–H groups in total. The molecule has 2 atom stereocenters. The lowest BCUT2D eigenvalue weighted by atomic mass is 9.82. The van der Waals surface area contributed by atoms with Gasteiger partial charge < -0.3 is 15.0 Å². The summed E-state index contributed by atoms with van der Waals surface area (Å²) in [6, 6.07) is 0.644. The molecule has 0 spiro atoms. The third-order valence-electron chi connectivity index (χ3n) is 4.13. The maximum Gasteiger partial charge on any atom is 0.191 e. The maximum atomic E-state index is 9.81. The molecule has 0 aliphatic heterocycles. The first-order valence-electron chi connectivity index (χ1n) is 7.10. The van der Waals surface area contributed by atoms with E-state index in [-0.39, 0.29) is 12.1 Å². The van der Waals surface area contributed by atoms with Gasteiger partial charge in [0.25, 0.3) is 0 Å². The lowest BCUT2D eigenvalue weighted by molar-refractivity contribution is 0.121. The predicted molar refractivity (Wildman–Crippen MR) is 75.1 cm³/mol. The number of nitrogens with one attached hydrogen (secondary N) is 1. The summed E-state index contributed by atoms with van der Waals surface area (Å²) in [6.07, 6.45) is 8.77. The van der Waals surface area contributed by atoms with Gasteiger partial charge in [-0.3, -0.25) is 0 Å². The zero-order valence-corrected chi connectivity index (χ0v) is 12.2. The lowest BCUT2D eigenvalue weighted by Gasteiger charge is -2.40. The molecular weight excluding hydrogens is 260 g/mol. The van der Waals surface area contributed by atoms with Gasteiger partial charge in [-0.15, -0.1) is 10.2 Å². The summed E-state index contributed by atoms with van der Waals surface area (Å²) in [5, 5.41) is 23.1. The van der Waals surface area contributed by atoms with Gasteiger partial charge in [-0.1, -0.05) is 18.2 Å². The third-order valence-corrected chi connectivity index (χ3v) is 5.45. The number of rotatable bonds is 5. The van der Waals surface area contributed by atoms with Crippen molar-refractivity contribution in [3.05, 3.63) is 6.33 Å². The van der Waals surface area contributed by atoms with E-state index in [2.05, 4.69) is 15.5 Å². The molecule has 0 amide bonds. The first-order chi connectivity index (χ1) is 9.21. The molecule has 0 radical (unpaired) electrons. The van der Waals surface area contributed by atoms with E-state index in [0.717, 1.165) is 18.0 Å². The Morgan fingerprint density at radius 1 is 1.53 bits per heavy atom. The number of aliphatic hydroxyl groups excluding tert-OH is 1. The topological polar surface area (TPSA) is 63.0 Å². The highest BCUT2D eigenvalue weighted by atomic mass is 32.2. The van der Waals surface area contributed by atoms with Crippen LogP contribution in [0.5, 0.6) is 0 Å². The maximum absolute atomic E-state index is 9.81. The molecule has 3 rings (SSSR count). The molecule has 1 aromatic heterocycles. The van der Waals surface area contributed by atoms with E-state index in [0.29, 0.717) is 11.3 Å². The van der Waals surface area contributed by atoms with Crippen LogP contribution in [0, 0.1) is 0 Å². The van der Waals surface area contributed by atoms with Gasteiger partial charge in [0.15, 0.2) is 5.16 Å². The van der Waals surface area contributed by atoms with Crippen molar-refractivity contribution in [2.45, 2.75) is 60.5 Å². The number of nitrogens with zero attached hydrogens (tertiary/aromatic N) is 3. The Balaban J connectivity index is 1.64. The molecule has 2 aliphatic carbocycles. The van der Waals surface area contributed by atoms with Gasteiger partial charge in [0.1, 0.15) is 6.33 Å². The highest BCUT2D eigenvalue weighted by Gasteiger charge is 2.40. The average Bonchev–Trinajstić information content (AvgIpc) is 3.13. The number of hydrogen-bond acceptors (Lipinski definition) is 5. The SMILES string of the molecule is Cn1cnnc1SC1CCCC(CO)(NC2CC2)C1. The zero-order valence-electron chi connectivity index (χ0n) is 11.4. The van der Waals surface area contributed by atoms with E-state index in [1.54, 1.807) is 18.1 Å². The quantitative estimate of drug-likeness (QED) is 0.853. The summed E-state index contributed by atoms with van der Waals surface area (Å²) in [5.41, 5.74) is -0.0598. The first-order valence-corrected chi connectivity index (χ1v) is 7.98. The molecule has 19 heavy (non-hydrogen) atoms. The largest absolute Gasteiger partial charge is 0.394 e. The summed E-state index contributed by atoms with van der Waals surface area (Å²) < 4.78 is 1.97. The van der Waals surface area contributed by atoms with E-state index in [9.17, 15) is 5.11 Å². The predicted octanol–water partition coefficient (Wildman–Crippen LogP) is 1.33. The summed E-state index contributed by atoms with van der Waals surface area (Å²) in [7, 11) is 1.98. The van der Waals surface area contributed by atoms with Crippen LogP contribution in [-0.2, 0) is 7.05 Å². The normalized spacial score (nSPS) is 31.6. The first kappa shape index (κ1) is 13.4. The van der Waals surface area contributed by atoms with Crippen molar-refractivity contribution in [3.8, 4) is 0 Å². The van der Waals surface area contributed by atoms with E-state index >= 15 is 0 Å². The van der Waals surface area contributed by atoms with Gasteiger partial charge in [0.05, 0.1) is 6.61 Å². The number of aromatic nitrogens is 3. The van der Waals surface area contributed by atoms with Gasteiger partial charge in [0.2, 0.25) is 0 Å². The molecule has 2 saturated carbocycles. The van der Waals surface area contributed by atoms with Crippen molar-refractivity contribution in [2.75, 3.05) is 6.61 Å². The van der Waals surface area contributed by atoms with Crippen molar-refractivity contribution in [1.29, 1.82) is 0 Å². The second-order valence-corrected chi connectivity index (χ2v) is 7.19. The van der Waals surface area contributed by atoms with Gasteiger partial charge in [0, 0.05) is 23.9 Å². The van der Waals surface area contributed by atoms with Crippen LogP contribution < -0.4 is 5.32 Å². The van der Waals surface area contributed by atoms with E-state index in [1.807, 2.05) is 11.6 Å². The molecule has 1 heterocycles. The van der Waals surface area contributed by atoms with Crippen LogP contribution in [0.4, 0.5) is 0 Å². The molecule has 0 bridgehead atoms. The van der Waals surface area contributed by atoms with Crippen molar-refractivity contribution >= 4 is 11.8 Å². The molecule has 2 fully saturated rings. The fourth-order valence-corrected chi connectivity index (χ4v) is 4.21. The van der Waals surface area contributed by atoms with Gasteiger partial charge >= 0.3 is 0 Å². The lowest BCUT2D eigenvalue weighted by Crippen LogP contribution is -2.53. The smallest absolute Gasteiger partial charge is 0.191 e. The van der Waals surface area contributed by atoms with E-state index < -0.39 is 0 Å². The van der Waals surface area contributed by atoms with Gasteiger partial charge in [-0.2, -0.15) is 0 Å². The molecule has 5 nitrogen and oxygen atoms in total. The van der Waals surface area contributed by atoms with Crippen LogP contribution in [0.25, 0.3) is 0 Å². The molecule has 1 aromatic rings. The van der Waals surface area contributed by atoms with Crippen molar-refractivity contribution in [3.63, 3.8) is 0 Å². The summed E-state index contributed by atoms with van der Waals surface area (Å²) in [5.74, 6) is 0. The van der Waals surface area contributed by atoms with Crippen molar-refractivity contribution in [2.24, 2.45) is 7.05 Å². The van der Waals surface area contributed by atoms with Crippen LogP contribution >= 0.6 is 11.8 Å². The molecule has 6 heteroatoms. The zero-order chi connectivity index (χ0) is 13.3. The third kappa shape index (κ3) is 3.12. The standard InChI is InChI=1S/C13H22N4OS/c1-17-9-14-16-12(17)19-11-3-2-6-13(7-11,8-18)15-10-4-5-10/h9-11,15,18H,2-8H2,1H3. The fourth-order valence-electron chi connectivity index (χ4n) is 2.92. The summed E-state index contributed by atoms with van der Waals surface area (Å²) >= 11 is 1.80. The highest BCUT2D eigenvalue weighted by molar-refractivity contribution is 7.99. The van der Waals surface area contributed by atoms with Gasteiger partial charge in [-0.25, -0.2) is 0 Å². The highest BCUT2D eigenvalue weighted by Crippen LogP contribution is 2.39. The van der Waals surface area contributed by atoms with Crippen LogP contribution in [0.3, 0.4) is 0 Å². The van der Waals surface area contributed by atoms with Crippen molar-refractivity contribution < 1.29 is 5.11 Å². The molecule has 106 valence electrons. The number of aliphatic hydroxyl groups is 1. The van der Waals surface area contributed by atoms with E-state index in [1.165, 1.54) is 25.7 Å². The Bertz CT molecular complexity index is 434. The molecule has 0 saturated heterocycles. The van der Waals surface area contributed by atoms with Crippen LogP contribution in [0.1, 0.15) is 38.5 Å². The second kappa shape index (κ2) is 5.42. The number of thioether (sulfide) groups is 1. The Morgan fingerprint density at radius 3 is 3.00 bits per heavy atom. The second-order valence-electron chi connectivity index (χ2n) is 5.92. The Hall–Kier alpha value is -0.590. The fraction of sp³-hybridized carbons (Fsp3) is 0.846. The molecule has 2 aliphatic rings. The molecule has 0 aromatic carbocycles. The van der Waals surface area contributed by atoms with Crippen LogP contribution in [0.15, 0.2) is 11.5 Å². The summed E-state index contributed by atoms with van der Waals surface area (Å²) in [4.78, 5) is 0. The van der Waals surface area contributed by atoms with Crippen LogP contribution in [0.2, 0.25) is 0 Å². The minimum absolute atomic E-state index is 0.0598. The van der Waals surface area contributed by atoms with E-state index in [4.69, 9.17) is 0 Å². The molecular formula is C13H22N4OS. The van der Waals surface area contributed by atoms with Crippen molar-refractivity contribution in [1.82, 2.24) is 20.1 Å². The number of hydrogen-bond donors (Lipinski definition) is 2. The Labute approximate surface area is 118 Å². The van der Waals surface area contributed by atoms with Crippen LogP contribution in [-0.4, -0.2) is 43.3 Å². The van der Waals surface area contributed by atoms with Gasteiger partial charge in [-0.05, 0) is 32.1 Å². The minimum Gasteiger partial charge on any atom is -0.394 e. The number of aryl methyl sites for hydroxylation is 1. The minimum atomic E-state index is -0.0598. The Morgan fingerprint density at radius 2 is 2.37 bits per heavy atom. The monoisotopic (exact) mass is 282 g/mol. The summed E-state index contributed by atoms with van der Waals surface area (Å²) in [6.45, 7) is 0.249.